The number of alkyl halides is 6. The van der Waals surface area contributed by atoms with Crippen LogP contribution in [0, 0.1) is 0 Å². The van der Waals surface area contributed by atoms with Crippen LogP contribution in [-0.2, 0) is 12.4 Å². The molecule has 8 heteroatoms. The molecule has 0 bridgehead atoms. The summed E-state index contributed by atoms with van der Waals surface area (Å²) in [4.78, 5) is 5.85. The van der Waals surface area contributed by atoms with E-state index < -0.39 is 23.6 Å². The molecule has 2 heterocycles. The Morgan fingerprint density at radius 3 is 2.24 bits per heavy atom. The topological polar surface area (TPSA) is 28.7 Å². The first-order chi connectivity index (χ1) is 9.68. The number of rotatable bonds is 0. The van der Waals surface area contributed by atoms with Crippen molar-refractivity contribution in [2.75, 3.05) is 0 Å². The molecule has 0 atom stereocenters. The van der Waals surface area contributed by atoms with E-state index in [-0.39, 0.29) is 22.5 Å². The predicted octanol–water partition coefficient (Wildman–Crippen LogP) is 4.75. The van der Waals surface area contributed by atoms with Gasteiger partial charge in [0, 0.05) is 17.0 Å². The van der Waals surface area contributed by atoms with E-state index in [9.17, 15) is 26.3 Å². The number of benzene rings is 1. The van der Waals surface area contributed by atoms with Crippen molar-refractivity contribution in [2.24, 2.45) is 0 Å². The van der Waals surface area contributed by atoms with Crippen molar-refractivity contribution in [2.45, 2.75) is 12.4 Å². The second-order valence-corrected chi connectivity index (χ2v) is 4.46. The number of H-pyrrole nitrogens is 1. The molecule has 0 radical (unpaired) electrons. The maximum atomic E-state index is 13.0. The normalized spacial score (nSPS) is 13.2. The minimum Gasteiger partial charge on any atom is -0.349 e. The highest BCUT2D eigenvalue weighted by atomic mass is 19.4. The predicted molar refractivity (Wildman–Crippen MR) is 63.6 cm³/mol. The van der Waals surface area contributed by atoms with Crippen molar-refractivity contribution < 1.29 is 26.3 Å². The summed E-state index contributed by atoms with van der Waals surface area (Å²) in [6.07, 6.45) is -8.48. The number of hydrogen-bond donors (Lipinski definition) is 1. The van der Waals surface area contributed by atoms with E-state index in [0.717, 1.165) is 6.07 Å². The minimum absolute atomic E-state index is 0.0732. The minimum atomic E-state index is -4.91. The van der Waals surface area contributed by atoms with Gasteiger partial charge in [0.25, 0.3) is 0 Å². The quantitative estimate of drug-likeness (QED) is 0.596. The van der Waals surface area contributed by atoms with Gasteiger partial charge in [-0.1, -0.05) is 12.1 Å². The molecule has 21 heavy (non-hydrogen) atoms. The first kappa shape index (κ1) is 13.7. The summed E-state index contributed by atoms with van der Waals surface area (Å²) in [6, 6.07) is 4.12. The molecule has 0 aliphatic rings. The highest BCUT2D eigenvalue weighted by Gasteiger charge is 2.38. The van der Waals surface area contributed by atoms with Gasteiger partial charge in [0.2, 0.25) is 0 Å². The zero-order chi connectivity index (χ0) is 15.4. The van der Waals surface area contributed by atoms with Gasteiger partial charge in [0.15, 0.2) is 0 Å². The number of aromatic amines is 1. The van der Waals surface area contributed by atoms with Gasteiger partial charge in [-0.15, -0.1) is 0 Å². The number of nitrogens with one attached hydrogen (secondary N) is 1. The third-order valence-electron chi connectivity index (χ3n) is 3.12. The highest BCUT2D eigenvalue weighted by molar-refractivity contribution is 6.04. The summed E-state index contributed by atoms with van der Waals surface area (Å²) in [5.41, 5.74) is -3.00. The average molecular weight is 304 g/mol. The van der Waals surface area contributed by atoms with Crippen molar-refractivity contribution in [3.8, 4) is 0 Å². The fourth-order valence-electron chi connectivity index (χ4n) is 2.20. The van der Waals surface area contributed by atoms with Gasteiger partial charge >= 0.3 is 12.4 Å². The third-order valence-corrected chi connectivity index (χ3v) is 3.12. The van der Waals surface area contributed by atoms with Crippen LogP contribution in [0.2, 0.25) is 0 Å². The van der Waals surface area contributed by atoms with Gasteiger partial charge in [0.05, 0.1) is 16.6 Å². The molecular weight excluding hydrogens is 298 g/mol. The molecule has 3 aromatic rings. The fraction of sp³-hybridized carbons (Fsp3) is 0.154. The smallest absolute Gasteiger partial charge is 0.349 e. The van der Waals surface area contributed by atoms with E-state index in [1.165, 1.54) is 18.3 Å². The third kappa shape index (κ3) is 2.20. The highest BCUT2D eigenvalue weighted by Crippen LogP contribution is 2.39. The standard InChI is InChI=1S/C13H6F6N2/c14-12(15,16)8-5-9(13(17,18)19)21-11-7(8)2-1-6-3-4-20-10(6)11/h1-5,21H. The number of pyridine rings is 1. The molecule has 1 aromatic carbocycles. The Bertz CT molecular complexity index is 828. The molecule has 0 amide bonds. The Hall–Kier alpha value is -2.25. The molecule has 0 saturated carbocycles. The van der Waals surface area contributed by atoms with Crippen LogP contribution < -0.4 is 0 Å². The van der Waals surface area contributed by atoms with Crippen molar-refractivity contribution in [3.05, 3.63) is 41.7 Å². The van der Waals surface area contributed by atoms with Crippen LogP contribution in [-0.4, -0.2) is 9.97 Å². The number of nitrogens with zero attached hydrogens (tertiary/aromatic N) is 1. The second kappa shape index (κ2) is 4.12. The summed E-state index contributed by atoms with van der Waals surface area (Å²) < 4.78 is 77.4. The van der Waals surface area contributed by atoms with Crippen molar-refractivity contribution in [1.82, 2.24) is 9.97 Å². The Labute approximate surface area is 113 Å². The second-order valence-electron chi connectivity index (χ2n) is 4.46. The molecule has 2 nitrogen and oxygen atoms in total. The lowest BCUT2D eigenvalue weighted by molar-refractivity contribution is -0.144. The van der Waals surface area contributed by atoms with Crippen molar-refractivity contribution in [3.63, 3.8) is 0 Å². The van der Waals surface area contributed by atoms with Gasteiger partial charge in [-0.25, -0.2) is 0 Å². The van der Waals surface area contributed by atoms with E-state index in [1.807, 2.05) is 4.98 Å². The van der Waals surface area contributed by atoms with Crippen LogP contribution in [0.3, 0.4) is 0 Å². The zero-order valence-electron chi connectivity index (χ0n) is 10.1. The lowest BCUT2D eigenvalue weighted by atomic mass is 10.0. The SMILES string of the molecule is FC(F)(F)c1cc(C(F)(F)F)c2ccc3ccnc3c2[nH]1. The van der Waals surface area contributed by atoms with Crippen LogP contribution in [0.25, 0.3) is 21.8 Å². The summed E-state index contributed by atoms with van der Waals surface area (Å²) in [6.45, 7) is 0. The van der Waals surface area contributed by atoms with Gasteiger partial charge in [-0.05, 0) is 12.1 Å². The van der Waals surface area contributed by atoms with Gasteiger partial charge in [-0.2, -0.15) is 26.3 Å². The summed E-state index contributed by atoms with van der Waals surface area (Å²) >= 11 is 0. The molecule has 0 unspecified atom stereocenters. The van der Waals surface area contributed by atoms with E-state index in [4.69, 9.17) is 0 Å². The molecule has 0 fully saturated rings. The first-order valence-electron chi connectivity index (χ1n) is 5.73. The molecule has 0 aliphatic heterocycles. The van der Waals surface area contributed by atoms with Crippen LogP contribution in [0.15, 0.2) is 30.5 Å². The lowest BCUT2D eigenvalue weighted by Gasteiger charge is -2.15. The van der Waals surface area contributed by atoms with E-state index in [1.54, 1.807) is 0 Å². The Balaban J connectivity index is 2.49. The van der Waals surface area contributed by atoms with Gasteiger partial charge in [-0.3, -0.25) is 4.98 Å². The van der Waals surface area contributed by atoms with Crippen LogP contribution >= 0.6 is 0 Å². The maximum absolute atomic E-state index is 13.0. The van der Waals surface area contributed by atoms with Crippen LogP contribution in [0.1, 0.15) is 11.3 Å². The van der Waals surface area contributed by atoms with Crippen LogP contribution in [0.5, 0.6) is 0 Å². The molecule has 110 valence electrons. The van der Waals surface area contributed by atoms with Crippen molar-refractivity contribution >= 4 is 21.8 Å². The first-order valence-corrected chi connectivity index (χ1v) is 5.73. The molecule has 2 aromatic heterocycles. The Morgan fingerprint density at radius 2 is 1.62 bits per heavy atom. The van der Waals surface area contributed by atoms with E-state index in [0.29, 0.717) is 5.39 Å². The van der Waals surface area contributed by atoms with Gasteiger partial charge in [0.1, 0.15) is 5.69 Å². The summed E-state index contributed by atoms with van der Waals surface area (Å²) in [5, 5.41) is 0.118. The average Bonchev–Trinajstić information content (AvgIpc) is 2.83. The molecule has 0 saturated heterocycles. The van der Waals surface area contributed by atoms with E-state index >= 15 is 0 Å². The van der Waals surface area contributed by atoms with Crippen LogP contribution in [0.4, 0.5) is 26.3 Å². The lowest BCUT2D eigenvalue weighted by Crippen LogP contribution is -2.13. The molecule has 0 spiro atoms. The Kier molecular flexibility index (Phi) is 2.69. The largest absolute Gasteiger partial charge is 0.431 e. The molecule has 3 rings (SSSR count). The molecule has 0 aliphatic carbocycles. The number of halogens is 6. The monoisotopic (exact) mass is 304 g/mol. The number of hydrogen-bond acceptors (Lipinski definition) is 1. The number of aromatic nitrogens is 2. The fourth-order valence-corrected chi connectivity index (χ4v) is 2.20. The molecular formula is C13H6F6N2. The zero-order valence-corrected chi connectivity index (χ0v) is 10.1. The van der Waals surface area contributed by atoms with Crippen molar-refractivity contribution in [1.29, 1.82) is 0 Å². The maximum Gasteiger partial charge on any atom is 0.431 e. The van der Waals surface area contributed by atoms with E-state index in [2.05, 4.69) is 4.98 Å². The Morgan fingerprint density at radius 1 is 0.905 bits per heavy atom. The number of fused-ring (bicyclic) bond motifs is 3. The molecule has 1 N–H and O–H groups in total. The summed E-state index contributed by atoms with van der Waals surface area (Å²) in [5.74, 6) is 0. The summed E-state index contributed by atoms with van der Waals surface area (Å²) in [7, 11) is 0. The van der Waals surface area contributed by atoms with Gasteiger partial charge < -0.3 is 4.98 Å².